The predicted molar refractivity (Wildman–Crippen MR) is 82.0 cm³/mol. The molecule has 0 saturated carbocycles. The second-order valence-corrected chi connectivity index (χ2v) is 5.60. The Morgan fingerprint density at radius 1 is 1.21 bits per heavy atom. The molecule has 1 atom stereocenters. The summed E-state index contributed by atoms with van der Waals surface area (Å²) in [4.78, 5) is 4.01. The van der Waals surface area contributed by atoms with Gasteiger partial charge in [-0.05, 0) is 42.9 Å². The number of halogens is 2. The van der Waals surface area contributed by atoms with Crippen molar-refractivity contribution < 1.29 is 0 Å². The minimum Gasteiger partial charge on any atom is -0.263 e. The van der Waals surface area contributed by atoms with Crippen molar-refractivity contribution in [3.63, 3.8) is 0 Å². The highest BCUT2D eigenvalue weighted by Gasteiger charge is 2.12. The van der Waals surface area contributed by atoms with Gasteiger partial charge in [0.15, 0.2) is 0 Å². The van der Waals surface area contributed by atoms with Crippen LogP contribution in [0.4, 0.5) is 0 Å². The van der Waals surface area contributed by atoms with Crippen LogP contribution in [0.3, 0.4) is 0 Å². The van der Waals surface area contributed by atoms with Crippen LogP contribution in [0.25, 0.3) is 0 Å². The molecule has 1 aromatic heterocycles. The summed E-state index contributed by atoms with van der Waals surface area (Å²) in [6, 6.07) is 10.5. The van der Waals surface area contributed by atoms with Crippen LogP contribution in [-0.2, 0) is 12.8 Å². The van der Waals surface area contributed by atoms with Crippen LogP contribution < -0.4 is 0 Å². The molecule has 0 aliphatic carbocycles. The molecule has 1 aromatic carbocycles. The maximum atomic E-state index is 6.15. The van der Waals surface area contributed by atoms with Crippen LogP contribution in [0.1, 0.15) is 16.7 Å². The van der Waals surface area contributed by atoms with E-state index >= 15 is 0 Å². The lowest BCUT2D eigenvalue weighted by molar-refractivity contribution is 0.583. The van der Waals surface area contributed by atoms with E-state index in [1.54, 1.807) is 12.4 Å². The highest BCUT2D eigenvalue weighted by atomic mass is 35.5. The van der Waals surface area contributed by atoms with E-state index in [4.69, 9.17) is 23.2 Å². The predicted octanol–water partition coefficient (Wildman–Crippen LogP) is 4.68. The van der Waals surface area contributed by atoms with E-state index in [-0.39, 0.29) is 0 Å². The Hall–Kier alpha value is -1.05. The number of pyridine rings is 1. The van der Waals surface area contributed by atoms with E-state index in [1.165, 1.54) is 11.1 Å². The molecule has 0 aliphatic rings. The summed E-state index contributed by atoms with van der Waals surface area (Å²) in [6.07, 6.45) is 5.33. The Morgan fingerprint density at radius 2 is 2.05 bits per heavy atom. The molecule has 0 radical (unpaired) electrons. The quantitative estimate of drug-likeness (QED) is 0.729. The fraction of sp³-hybridized carbons (Fsp3) is 0.312. The van der Waals surface area contributed by atoms with Crippen molar-refractivity contribution in [2.45, 2.75) is 19.8 Å². The molecular weight excluding hydrogens is 277 g/mol. The lowest BCUT2D eigenvalue weighted by Gasteiger charge is -2.15. The number of alkyl halides is 1. The summed E-state index contributed by atoms with van der Waals surface area (Å²) in [5.41, 5.74) is 3.73. The molecule has 2 rings (SSSR count). The van der Waals surface area contributed by atoms with Crippen molar-refractivity contribution in [2.24, 2.45) is 5.92 Å². The van der Waals surface area contributed by atoms with Gasteiger partial charge < -0.3 is 0 Å². The van der Waals surface area contributed by atoms with Crippen molar-refractivity contribution in [1.29, 1.82) is 0 Å². The van der Waals surface area contributed by atoms with Gasteiger partial charge in [0.25, 0.3) is 0 Å². The zero-order valence-electron chi connectivity index (χ0n) is 10.9. The maximum absolute atomic E-state index is 6.15. The minimum atomic E-state index is 0.392. The van der Waals surface area contributed by atoms with Gasteiger partial charge >= 0.3 is 0 Å². The van der Waals surface area contributed by atoms with Crippen molar-refractivity contribution in [3.05, 3.63) is 64.4 Å². The number of hydrogen-bond donors (Lipinski definition) is 0. The molecule has 100 valence electrons. The second kappa shape index (κ2) is 6.93. The number of aryl methyl sites for hydroxylation is 1. The minimum absolute atomic E-state index is 0.392. The molecule has 1 nitrogen and oxygen atoms in total. The van der Waals surface area contributed by atoms with Gasteiger partial charge in [-0.3, -0.25) is 4.98 Å². The highest BCUT2D eigenvalue weighted by molar-refractivity contribution is 6.31. The summed E-state index contributed by atoms with van der Waals surface area (Å²) in [6.45, 7) is 2.11. The van der Waals surface area contributed by atoms with Gasteiger partial charge in [0.1, 0.15) is 0 Å². The fourth-order valence-corrected chi connectivity index (χ4v) is 2.65. The lowest BCUT2D eigenvalue weighted by atomic mass is 9.94. The van der Waals surface area contributed by atoms with E-state index in [9.17, 15) is 0 Å². The Morgan fingerprint density at radius 3 is 2.74 bits per heavy atom. The zero-order chi connectivity index (χ0) is 13.7. The van der Waals surface area contributed by atoms with Crippen LogP contribution in [0.2, 0.25) is 5.02 Å². The van der Waals surface area contributed by atoms with Gasteiger partial charge in [0.2, 0.25) is 0 Å². The Balaban J connectivity index is 2.07. The number of benzene rings is 1. The number of rotatable bonds is 5. The molecule has 0 fully saturated rings. The average Bonchev–Trinajstić information content (AvgIpc) is 2.40. The van der Waals surface area contributed by atoms with Crippen LogP contribution in [0, 0.1) is 12.8 Å². The summed E-state index contributed by atoms with van der Waals surface area (Å²) in [5.74, 6) is 1.02. The normalized spacial score (nSPS) is 12.4. The lowest BCUT2D eigenvalue weighted by Crippen LogP contribution is -2.10. The van der Waals surface area contributed by atoms with Gasteiger partial charge in [-0.2, -0.15) is 0 Å². The molecule has 0 saturated heterocycles. The van der Waals surface area contributed by atoms with Gasteiger partial charge in [0.05, 0.1) is 5.02 Å². The maximum Gasteiger partial charge on any atom is 0.0621 e. The average molecular weight is 294 g/mol. The molecule has 0 aliphatic heterocycles. The first-order valence-corrected chi connectivity index (χ1v) is 7.30. The van der Waals surface area contributed by atoms with Crippen molar-refractivity contribution >= 4 is 23.2 Å². The number of aromatic nitrogens is 1. The summed E-state index contributed by atoms with van der Waals surface area (Å²) >= 11 is 12.2. The molecular formula is C16H17Cl2N. The van der Waals surface area contributed by atoms with Gasteiger partial charge in [-0.25, -0.2) is 0 Å². The highest BCUT2D eigenvalue weighted by Crippen LogP contribution is 2.21. The molecule has 1 unspecified atom stereocenters. The Labute approximate surface area is 124 Å². The van der Waals surface area contributed by atoms with E-state index in [0.29, 0.717) is 11.8 Å². The van der Waals surface area contributed by atoms with Crippen molar-refractivity contribution in [2.75, 3.05) is 5.88 Å². The topological polar surface area (TPSA) is 12.9 Å². The third kappa shape index (κ3) is 4.22. The summed E-state index contributed by atoms with van der Waals surface area (Å²) in [7, 11) is 0. The fourth-order valence-electron chi connectivity index (χ4n) is 2.23. The zero-order valence-corrected chi connectivity index (χ0v) is 12.5. The van der Waals surface area contributed by atoms with E-state index < -0.39 is 0 Å². The van der Waals surface area contributed by atoms with E-state index in [2.05, 4.69) is 36.2 Å². The third-order valence-corrected chi connectivity index (χ3v) is 3.97. The van der Waals surface area contributed by atoms with Crippen LogP contribution in [-0.4, -0.2) is 10.9 Å². The van der Waals surface area contributed by atoms with Crippen molar-refractivity contribution in [1.82, 2.24) is 4.98 Å². The standard InChI is InChI=1S/C16H17Cl2N/c1-12-3-2-4-13(7-12)8-14(10-17)9-15-5-6-19-11-16(15)18/h2-7,11,14H,8-10H2,1H3. The Kier molecular flexibility index (Phi) is 5.24. The third-order valence-electron chi connectivity index (χ3n) is 3.19. The first-order chi connectivity index (χ1) is 9.19. The largest absolute Gasteiger partial charge is 0.263 e. The SMILES string of the molecule is Cc1cccc(CC(CCl)Cc2ccncc2Cl)c1. The van der Waals surface area contributed by atoms with Gasteiger partial charge in [0, 0.05) is 18.3 Å². The molecule has 0 spiro atoms. The molecule has 0 amide bonds. The van der Waals surface area contributed by atoms with Gasteiger partial charge in [-0.15, -0.1) is 11.6 Å². The van der Waals surface area contributed by atoms with Crippen molar-refractivity contribution in [3.8, 4) is 0 Å². The first-order valence-electron chi connectivity index (χ1n) is 6.39. The number of nitrogens with zero attached hydrogens (tertiary/aromatic N) is 1. The number of hydrogen-bond acceptors (Lipinski definition) is 1. The smallest absolute Gasteiger partial charge is 0.0621 e. The van der Waals surface area contributed by atoms with Crippen LogP contribution in [0.5, 0.6) is 0 Å². The van der Waals surface area contributed by atoms with Crippen LogP contribution >= 0.6 is 23.2 Å². The summed E-state index contributed by atoms with van der Waals surface area (Å²) in [5, 5.41) is 0.724. The molecule has 3 heteroatoms. The monoisotopic (exact) mass is 293 g/mol. The summed E-state index contributed by atoms with van der Waals surface area (Å²) < 4.78 is 0. The molecule has 2 aromatic rings. The second-order valence-electron chi connectivity index (χ2n) is 4.88. The Bertz CT molecular complexity index is 540. The molecule has 0 bridgehead atoms. The molecule has 0 N–H and O–H groups in total. The van der Waals surface area contributed by atoms with Crippen LogP contribution in [0.15, 0.2) is 42.7 Å². The first kappa shape index (κ1) is 14.4. The van der Waals surface area contributed by atoms with Gasteiger partial charge in [-0.1, -0.05) is 41.4 Å². The van der Waals surface area contributed by atoms with E-state index in [1.807, 2.05) is 6.07 Å². The van der Waals surface area contributed by atoms with E-state index in [0.717, 1.165) is 23.4 Å². The molecule has 1 heterocycles. The molecule has 19 heavy (non-hydrogen) atoms.